The second-order valence-electron chi connectivity index (χ2n) is 6.79. The molecule has 31 heavy (non-hydrogen) atoms. The molecule has 8 heteroatoms. The van der Waals surface area contributed by atoms with E-state index in [1.807, 2.05) is 18.2 Å². The highest BCUT2D eigenvalue weighted by Gasteiger charge is 2.18. The molecular formula is C23H17Br2ClN2O3. The molecule has 4 rings (SSSR count). The number of nitrogens with zero attached hydrogens (tertiary/aromatic N) is 1. The molecule has 1 N–H and O–H groups in total. The Morgan fingerprint density at radius 3 is 2.71 bits per heavy atom. The highest BCUT2D eigenvalue weighted by atomic mass is 79.9. The minimum Gasteiger partial charge on any atom is -0.495 e. The summed E-state index contributed by atoms with van der Waals surface area (Å²) in [5.74, 6) is 0.528. The summed E-state index contributed by atoms with van der Waals surface area (Å²) in [5, 5.41) is 3.25. The molecule has 158 valence electrons. The number of aryl methyl sites for hydroxylation is 1. The van der Waals surface area contributed by atoms with Crippen molar-refractivity contribution in [2.75, 3.05) is 12.4 Å². The number of oxazole rings is 1. The number of benzene rings is 3. The van der Waals surface area contributed by atoms with Crippen LogP contribution in [-0.2, 0) is 6.42 Å². The van der Waals surface area contributed by atoms with Crippen LogP contribution in [0.2, 0.25) is 5.02 Å². The number of aromatic nitrogens is 1. The first-order valence-corrected chi connectivity index (χ1v) is 11.4. The highest BCUT2D eigenvalue weighted by Crippen LogP contribution is 2.35. The molecule has 0 unspecified atom stereocenters. The van der Waals surface area contributed by atoms with Gasteiger partial charge in [0.25, 0.3) is 5.91 Å². The molecule has 5 nitrogen and oxygen atoms in total. The molecule has 1 aromatic heterocycles. The maximum atomic E-state index is 13.0. The van der Waals surface area contributed by atoms with Crippen LogP contribution in [-0.4, -0.2) is 18.0 Å². The van der Waals surface area contributed by atoms with Gasteiger partial charge in [0.15, 0.2) is 5.58 Å². The summed E-state index contributed by atoms with van der Waals surface area (Å²) < 4.78 is 12.7. The summed E-state index contributed by atoms with van der Waals surface area (Å²) in [5.41, 5.74) is 4.19. The lowest BCUT2D eigenvalue weighted by Gasteiger charge is -2.13. The second kappa shape index (κ2) is 9.02. The van der Waals surface area contributed by atoms with Crippen LogP contribution in [0.25, 0.3) is 22.6 Å². The fourth-order valence-electron chi connectivity index (χ4n) is 3.20. The summed E-state index contributed by atoms with van der Waals surface area (Å²) >= 11 is 13.2. The first-order valence-electron chi connectivity index (χ1n) is 9.43. The van der Waals surface area contributed by atoms with Crippen molar-refractivity contribution in [2.24, 2.45) is 0 Å². The van der Waals surface area contributed by atoms with Crippen LogP contribution in [0.15, 0.2) is 61.9 Å². The number of methoxy groups -OCH3 is 1. The SMILES string of the molecule is CCc1ccc2oc(-c3ccc(Cl)c(NC(=O)c4cc(Br)cc(Br)c4OC)c3)nc2c1. The Morgan fingerprint density at radius 2 is 1.97 bits per heavy atom. The third kappa shape index (κ3) is 4.49. The van der Waals surface area contributed by atoms with E-state index in [0.717, 1.165) is 16.4 Å². The molecule has 0 aliphatic heterocycles. The number of amides is 1. The fraction of sp³-hybridized carbons (Fsp3) is 0.130. The zero-order valence-electron chi connectivity index (χ0n) is 16.6. The second-order valence-corrected chi connectivity index (χ2v) is 8.97. The summed E-state index contributed by atoms with van der Waals surface area (Å²) in [6.07, 6.45) is 0.921. The van der Waals surface area contributed by atoms with Crippen molar-refractivity contribution >= 4 is 66.2 Å². The molecule has 0 aliphatic carbocycles. The van der Waals surface area contributed by atoms with Crippen molar-refractivity contribution in [3.8, 4) is 17.2 Å². The van der Waals surface area contributed by atoms with Crippen molar-refractivity contribution in [1.29, 1.82) is 0 Å². The number of ether oxygens (including phenoxy) is 1. The number of anilines is 1. The van der Waals surface area contributed by atoms with Gasteiger partial charge in [0.05, 0.1) is 27.9 Å². The molecule has 3 aromatic carbocycles. The van der Waals surface area contributed by atoms with Gasteiger partial charge in [-0.1, -0.05) is 40.5 Å². The quantitative estimate of drug-likeness (QED) is 0.273. The summed E-state index contributed by atoms with van der Waals surface area (Å²) in [6, 6.07) is 14.7. The molecule has 0 saturated carbocycles. The van der Waals surface area contributed by atoms with Gasteiger partial charge >= 0.3 is 0 Å². The van der Waals surface area contributed by atoms with E-state index < -0.39 is 0 Å². The number of carbonyl (C=O) groups is 1. The Morgan fingerprint density at radius 1 is 1.16 bits per heavy atom. The lowest BCUT2D eigenvalue weighted by atomic mass is 10.1. The van der Waals surface area contributed by atoms with E-state index in [4.69, 9.17) is 20.8 Å². The van der Waals surface area contributed by atoms with Crippen molar-refractivity contribution in [1.82, 2.24) is 4.98 Å². The predicted molar refractivity (Wildman–Crippen MR) is 130 cm³/mol. The van der Waals surface area contributed by atoms with Gasteiger partial charge in [-0.15, -0.1) is 0 Å². The number of nitrogens with one attached hydrogen (secondary N) is 1. The lowest BCUT2D eigenvalue weighted by Crippen LogP contribution is -2.14. The van der Waals surface area contributed by atoms with Gasteiger partial charge in [-0.25, -0.2) is 4.98 Å². The summed E-state index contributed by atoms with van der Waals surface area (Å²) in [7, 11) is 1.51. The van der Waals surface area contributed by atoms with Gasteiger partial charge in [-0.05, 0) is 70.4 Å². The number of halogens is 3. The fourth-order valence-corrected chi connectivity index (χ4v) is 4.75. The van der Waals surface area contributed by atoms with E-state index in [9.17, 15) is 4.79 Å². The van der Waals surface area contributed by atoms with Crippen molar-refractivity contribution in [2.45, 2.75) is 13.3 Å². The first-order chi connectivity index (χ1) is 14.9. The zero-order chi connectivity index (χ0) is 22.1. The van der Waals surface area contributed by atoms with E-state index in [-0.39, 0.29) is 5.91 Å². The van der Waals surface area contributed by atoms with Gasteiger partial charge < -0.3 is 14.5 Å². The maximum absolute atomic E-state index is 13.0. The van der Waals surface area contributed by atoms with Gasteiger partial charge in [0, 0.05) is 10.0 Å². The van der Waals surface area contributed by atoms with Crippen LogP contribution in [0.5, 0.6) is 5.75 Å². The Labute approximate surface area is 201 Å². The molecule has 0 radical (unpaired) electrons. The third-order valence-corrected chi connectivity index (χ3v) is 6.16. The normalized spacial score (nSPS) is 11.0. The Kier molecular flexibility index (Phi) is 6.36. The van der Waals surface area contributed by atoms with Crippen LogP contribution in [0.4, 0.5) is 5.69 Å². The lowest BCUT2D eigenvalue weighted by molar-refractivity contribution is 0.102. The zero-order valence-corrected chi connectivity index (χ0v) is 20.6. The number of rotatable bonds is 5. The van der Waals surface area contributed by atoms with Gasteiger partial charge in [-0.3, -0.25) is 4.79 Å². The minimum atomic E-state index is -0.358. The number of hydrogen-bond acceptors (Lipinski definition) is 4. The van der Waals surface area contributed by atoms with Crippen molar-refractivity contribution < 1.29 is 13.9 Å². The molecule has 1 amide bonds. The van der Waals surface area contributed by atoms with E-state index in [2.05, 4.69) is 49.1 Å². The van der Waals surface area contributed by atoms with Crippen LogP contribution < -0.4 is 10.1 Å². The molecule has 0 spiro atoms. The molecule has 4 aromatic rings. The van der Waals surface area contributed by atoms with Crippen molar-refractivity contribution in [3.05, 3.63) is 73.6 Å². The monoisotopic (exact) mass is 562 g/mol. The van der Waals surface area contributed by atoms with E-state index >= 15 is 0 Å². The smallest absolute Gasteiger partial charge is 0.259 e. The van der Waals surface area contributed by atoms with E-state index in [1.54, 1.807) is 30.3 Å². The maximum Gasteiger partial charge on any atom is 0.259 e. The minimum absolute atomic E-state index is 0.358. The Bertz CT molecular complexity index is 1300. The molecular weight excluding hydrogens is 548 g/mol. The first kappa shape index (κ1) is 21.9. The van der Waals surface area contributed by atoms with Gasteiger partial charge in [-0.2, -0.15) is 0 Å². The molecule has 1 heterocycles. The summed E-state index contributed by atoms with van der Waals surface area (Å²) in [4.78, 5) is 17.6. The molecule has 0 atom stereocenters. The standard InChI is InChI=1S/C23H17Br2ClN2O3/c1-3-12-4-7-20-19(8-12)28-23(31-20)13-5-6-17(26)18(9-13)27-22(29)15-10-14(24)11-16(25)21(15)30-2/h4-11H,3H2,1-2H3,(H,27,29). The largest absolute Gasteiger partial charge is 0.495 e. The van der Waals surface area contributed by atoms with Crippen LogP contribution in [0.1, 0.15) is 22.8 Å². The van der Waals surface area contributed by atoms with Crippen LogP contribution >= 0.6 is 43.5 Å². The van der Waals surface area contributed by atoms with Gasteiger partial charge in [0.1, 0.15) is 11.3 Å². The van der Waals surface area contributed by atoms with Crippen LogP contribution in [0, 0.1) is 0 Å². The van der Waals surface area contributed by atoms with E-state index in [0.29, 0.717) is 43.5 Å². The Hall–Kier alpha value is -2.35. The Balaban J connectivity index is 1.68. The van der Waals surface area contributed by atoms with E-state index in [1.165, 1.54) is 12.7 Å². The average molecular weight is 565 g/mol. The molecule has 0 fully saturated rings. The number of fused-ring (bicyclic) bond motifs is 1. The van der Waals surface area contributed by atoms with Crippen molar-refractivity contribution in [3.63, 3.8) is 0 Å². The molecule has 0 saturated heterocycles. The number of hydrogen-bond donors (Lipinski definition) is 1. The predicted octanol–water partition coefficient (Wildman–Crippen LogP) is 7.50. The summed E-state index contributed by atoms with van der Waals surface area (Å²) in [6.45, 7) is 2.09. The molecule has 0 bridgehead atoms. The highest BCUT2D eigenvalue weighted by molar-refractivity contribution is 9.11. The topological polar surface area (TPSA) is 64.4 Å². The van der Waals surface area contributed by atoms with Crippen LogP contribution in [0.3, 0.4) is 0 Å². The number of carbonyl (C=O) groups excluding carboxylic acids is 1. The third-order valence-electron chi connectivity index (χ3n) is 4.78. The molecule has 0 aliphatic rings. The average Bonchev–Trinajstić information content (AvgIpc) is 3.18. The van der Waals surface area contributed by atoms with Gasteiger partial charge in [0.2, 0.25) is 5.89 Å².